The fourth-order valence-electron chi connectivity index (χ4n) is 4.15. The first-order chi connectivity index (χ1) is 16.4. The van der Waals surface area contributed by atoms with Crippen LogP contribution in [0.4, 0.5) is 13.2 Å². The number of hydrogen-bond acceptors (Lipinski definition) is 5. The molecule has 9 heteroatoms. The average molecular weight is 466 g/mol. The third kappa shape index (κ3) is 4.51. The third-order valence-electron chi connectivity index (χ3n) is 5.95. The summed E-state index contributed by atoms with van der Waals surface area (Å²) in [7, 11) is 0. The summed E-state index contributed by atoms with van der Waals surface area (Å²) in [5.74, 6) is 0.438. The molecule has 2 heterocycles. The Hall–Kier alpha value is -3.72. The van der Waals surface area contributed by atoms with E-state index in [1.165, 1.54) is 12.1 Å². The van der Waals surface area contributed by atoms with E-state index in [0.29, 0.717) is 44.2 Å². The summed E-state index contributed by atoms with van der Waals surface area (Å²) in [6.45, 7) is 2.71. The molecule has 5 rings (SSSR count). The Morgan fingerprint density at radius 2 is 1.68 bits per heavy atom. The maximum absolute atomic E-state index is 13.1. The van der Waals surface area contributed by atoms with Crippen molar-refractivity contribution in [2.45, 2.75) is 12.7 Å². The van der Waals surface area contributed by atoms with Gasteiger partial charge in [-0.25, -0.2) is 0 Å². The first kappa shape index (κ1) is 22.1. The van der Waals surface area contributed by atoms with E-state index in [4.69, 9.17) is 4.52 Å². The van der Waals surface area contributed by atoms with E-state index in [-0.39, 0.29) is 17.3 Å². The summed E-state index contributed by atoms with van der Waals surface area (Å²) in [5.41, 5.74) is 0.174. The molecule has 0 saturated carbocycles. The summed E-state index contributed by atoms with van der Waals surface area (Å²) in [5, 5.41) is 5.81. The standard InChI is InChI=1S/C25H21F3N4O2/c26-25(27,28)19-8-3-7-18(15-19)23-29-22(34-30-23)16-31-11-13-32(14-12-31)24(33)21-10-4-6-17-5-1-2-9-20(17)21/h1-10,15H,11-14,16H2. The first-order valence-corrected chi connectivity index (χ1v) is 10.9. The number of halogens is 3. The van der Waals surface area contributed by atoms with Crippen molar-refractivity contribution < 1.29 is 22.5 Å². The number of alkyl halides is 3. The summed E-state index contributed by atoms with van der Waals surface area (Å²) < 4.78 is 44.2. The van der Waals surface area contributed by atoms with E-state index in [0.717, 1.165) is 22.9 Å². The van der Waals surface area contributed by atoms with E-state index >= 15 is 0 Å². The highest BCUT2D eigenvalue weighted by molar-refractivity contribution is 6.07. The molecule has 1 fully saturated rings. The van der Waals surface area contributed by atoms with Gasteiger partial charge in [0.25, 0.3) is 5.91 Å². The molecular formula is C25H21F3N4O2. The minimum absolute atomic E-state index is 0.000993. The second-order valence-electron chi connectivity index (χ2n) is 8.19. The van der Waals surface area contributed by atoms with E-state index in [9.17, 15) is 18.0 Å². The van der Waals surface area contributed by atoms with Gasteiger partial charge in [0.15, 0.2) is 0 Å². The van der Waals surface area contributed by atoms with Crippen LogP contribution in [0.15, 0.2) is 71.3 Å². The highest BCUT2D eigenvalue weighted by atomic mass is 19.4. The van der Waals surface area contributed by atoms with Crippen molar-refractivity contribution in [3.05, 3.63) is 83.7 Å². The third-order valence-corrected chi connectivity index (χ3v) is 5.95. The van der Waals surface area contributed by atoms with Crippen LogP contribution in [0.5, 0.6) is 0 Å². The quantitative estimate of drug-likeness (QED) is 0.430. The van der Waals surface area contributed by atoms with Crippen molar-refractivity contribution in [1.82, 2.24) is 19.9 Å². The molecule has 4 aromatic rings. The highest BCUT2D eigenvalue weighted by Gasteiger charge is 2.31. The number of fused-ring (bicyclic) bond motifs is 1. The van der Waals surface area contributed by atoms with Gasteiger partial charge in [-0.05, 0) is 29.0 Å². The fraction of sp³-hybridized carbons (Fsp3) is 0.240. The Morgan fingerprint density at radius 3 is 2.47 bits per heavy atom. The molecular weight excluding hydrogens is 445 g/mol. The lowest BCUT2D eigenvalue weighted by Crippen LogP contribution is -2.48. The predicted octanol–water partition coefficient (Wildman–Crippen LogP) is 4.87. The molecule has 0 atom stereocenters. The number of rotatable bonds is 4. The van der Waals surface area contributed by atoms with Crippen LogP contribution in [0, 0.1) is 0 Å². The highest BCUT2D eigenvalue weighted by Crippen LogP contribution is 2.31. The van der Waals surface area contributed by atoms with Crippen molar-refractivity contribution >= 4 is 16.7 Å². The zero-order valence-corrected chi connectivity index (χ0v) is 18.1. The minimum Gasteiger partial charge on any atom is -0.338 e. The van der Waals surface area contributed by atoms with Gasteiger partial charge in [0, 0.05) is 37.3 Å². The lowest BCUT2D eigenvalue weighted by Gasteiger charge is -2.34. The molecule has 1 aliphatic heterocycles. The number of nitrogens with zero attached hydrogens (tertiary/aromatic N) is 4. The second kappa shape index (κ2) is 8.90. The molecule has 1 saturated heterocycles. The second-order valence-corrected chi connectivity index (χ2v) is 8.19. The minimum atomic E-state index is -4.44. The van der Waals surface area contributed by atoms with Crippen LogP contribution in [0.25, 0.3) is 22.2 Å². The molecule has 3 aromatic carbocycles. The average Bonchev–Trinajstić information content (AvgIpc) is 3.32. The number of benzene rings is 3. The van der Waals surface area contributed by atoms with Crippen molar-refractivity contribution in [2.24, 2.45) is 0 Å². The molecule has 1 amide bonds. The molecule has 34 heavy (non-hydrogen) atoms. The largest absolute Gasteiger partial charge is 0.416 e. The predicted molar refractivity (Wildman–Crippen MR) is 120 cm³/mol. The van der Waals surface area contributed by atoms with E-state index in [2.05, 4.69) is 15.0 Å². The Morgan fingerprint density at radius 1 is 0.941 bits per heavy atom. The van der Waals surface area contributed by atoms with Crippen molar-refractivity contribution in [1.29, 1.82) is 0 Å². The van der Waals surface area contributed by atoms with Crippen LogP contribution in [-0.4, -0.2) is 52.0 Å². The van der Waals surface area contributed by atoms with Crippen LogP contribution in [0.2, 0.25) is 0 Å². The molecule has 6 nitrogen and oxygen atoms in total. The number of carbonyl (C=O) groups excluding carboxylic acids is 1. The van der Waals surface area contributed by atoms with Crippen LogP contribution in [0.1, 0.15) is 21.8 Å². The molecule has 1 aliphatic rings. The van der Waals surface area contributed by atoms with E-state index in [1.54, 1.807) is 0 Å². The number of amides is 1. The van der Waals surface area contributed by atoms with Crippen LogP contribution in [-0.2, 0) is 12.7 Å². The number of hydrogen-bond donors (Lipinski definition) is 0. The van der Waals surface area contributed by atoms with Gasteiger partial charge in [-0.3, -0.25) is 9.69 Å². The molecule has 0 aliphatic carbocycles. The maximum atomic E-state index is 13.1. The van der Waals surface area contributed by atoms with Crippen LogP contribution in [0.3, 0.4) is 0 Å². The van der Waals surface area contributed by atoms with Crippen molar-refractivity contribution in [2.75, 3.05) is 26.2 Å². The van der Waals surface area contributed by atoms with Gasteiger partial charge in [-0.1, -0.05) is 53.7 Å². The molecule has 0 unspecified atom stereocenters. The molecule has 0 N–H and O–H groups in total. The van der Waals surface area contributed by atoms with E-state index < -0.39 is 11.7 Å². The molecule has 0 bridgehead atoms. The molecule has 0 spiro atoms. The van der Waals surface area contributed by atoms with Gasteiger partial charge in [-0.2, -0.15) is 18.2 Å². The van der Waals surface area contributed by atoms with Crippen LogP contribution < -0.4 is 0 Å². The van der Waals surface area contributed by atoms with Crippen molar-refractivity contribution in [3.8, 4) is 11.4 Å². The lowest BCUT2D eigenvalue weighted by atomic mass is 10.0. The molecule has 0 radical (unpaired) electrons. The lowest BCUT2D eigenvalue weighted by molar-refractivity contribution is -0.137. The SMILES string of the molecule is O=C(c1cccc2ccccc12)N1CCN(Cc2nc(-c3cccc(C(F)(F)F)c3)no2)CC1. The zero-order valence-electron chi connectivity index (χ0n) is 18.1. The summed E-state index contributed by atoms with van der Waals surface area (Å²) in [4.78, 5) is 21.3. The number of piperazine rings is 1. The Bertz CT molecular complexity index is 1320. The van der Waals surface area contributed by atoms with Gasteiger partial charge in [-0.15, -0.1) is 0 Å². The number of aromatic nitrogens is 2. The normalized spacial score (nSPS) is 15.1. The maximum Gasteiger partial charge on any atom is 0.416 e. The topological polar surface area (TPSA) is 62.5 Å². The van der Waals surface area contributed by atoms with Crippen LogP contribution >= 0.6 is 0 Å². The summed E-state index contributed by atoms with van der Waals surface area (Å²) in [6.07, 6.45) is -4.44. The monoisotopic (exact) mass is 466 g/mol. The fourth-order valence-corrected chi connectivity index (χ4v) is 4.15. The van der Waals surface area contributed by atoms with Gasteiger partial charge in [0.2, 0.25) is 11.7 Å². The zero-order chi connectivity index (χ0) is 23.7. The summed E-state index contributed by atoms with van der Waals surface area (Å²) in [6, 6.07) is 18.4. The van der Waals surface area contributed by atoms with Crippen molar-refractivity contribution in [3.63, 3.8) is 0 Å². The van der Waals surface area contributed by atoms with Gasteiger partial charge < -0.3 is 9.42 Å². The number of carbonyl (C=O) groups is 1. The van der Waals surface area contributed by atoms with Gasteiger partial charge in [0.05, 0.1) is 12.1 Å². The Kier molecular flexibility index (Phi) is 5.79. The van der Waals surface area contributed by atoms with Gasteiger partial charge >= 0.3 is 6.18 Å². The Labute approximate surface area is 193 Å². The molecule has 174 valence electrons. The first-order valence-electron chi connectivity index (χ1n) is 10.9. The smallest absolute Gasteiger partial charge is 0.338 e. The molecule has 1 aromatic heterocycles. The van der Waals surface area contributed by atoms with Gasteiger partial charge in [0.1, 0.15) is 0 Å². The summed E-state index contributed by atoms with van der Waals surface area (Å²) >= 11 is 0. The Balaban J connectivity index is 1.22. The van der Waals surface area contributed by atoms with E-state index in [1.807, 2.05) is 47.4 Å².